The van der Waals surface area contributed by atoms with Crippen LogP contribution in [-0.4, -0.2) is 17.3 Å². The average Bonchev–Trinajstić information content (AvgIpc) is 2.48. The van der Waals surface area contributed by atoms with Gasteiger partial charge in [-0.25, -0.2) is 4.39 Å². The first-order valence-electron chi connectivity index (χ1n) is 6.05. The number of nitrogen functional groups attached to an aromatic ring is 1. The van der Waals surface area contributed by atoms with E-state index in [1.807, 2.05) is 24.3 Å². The van der Waals surface area contributed by atoms with Gasteiger partial charge in [0.15, 0.2) is 17.4 Å². The topological polar surface area (TPSA) is 61.0 Å². The summed E-state index contributed by atoms with van der Waals surface area (Å²) >= 11 is 0. The van der Waals surface area contributed by atoms with Crippen molar-refractivity contribution in [3.8, 4) is 17.0 Å². The molecule has 0 aliphatic carbocycles. The van der Waals surface area contributed by atoms with E-state index in [1.165, 1.54) is 13.2 Å². The minimum Gasteiger partial charge on any atom is -0.494 e. The van der Waals surface area contributed by atoms with E-state index in [1.54, 1.807) is 12.1 Å². The van der Waals surface area contributed by atoms with Crippen molar-refractivity contribution < 1.29 is 9.13 Å². The highest BCUT2D eigenvalue weighted by Crippen LogP contribution is 2.30. The van der Waals surface area contributed by atoms with Crippen LogP contribution in [0.15, 0.2) is 42.5 Å². The zero-order valence-corrected chi connectivity index (χ0v) is 10.8. The molecule has 20 heavy (non-hydrogen) atoms. The highest BCUT2D eigenvalue weighted by Gasteiger charge is 2.11. The number of rotatable bonds is 2. The van der Waals surface area contributed by atoms with E-state index in [9.17, 15) is 4.39 Å². The molecule has 100 valence electrons. The lowest BCUT2D eigenvalue weighted by Gasteiger charge is -2.08. The van der Waals surface area contributed by atoms with Crippen molar-refractivity contribution in [1.82, 2.24) is 10.2 Å². The Kier molecular flexibility index (Phi) is 2.95. The third-order valence-corrected chi connectivity index (χ3v) is 3.14. The van der Waals surface area contributed by atoms with Gasteiger partial charge in [0.05, 0.1) is 7.11 Å². The van der Waals surface area contributed by atoms with E-state index < -0.39 is 5.82 Å². The van der Waals surface area contributed by atoms with Crippen LogP contribution in [0.1, 0.15) is 0 Å². The van der Waals surface area contributed by atoms with Gasteiger partial charge >= 0.3 is 0 Å². The molecule has 0 radical (unpaired) electrons. The fraction of sp³-hybridized carbons (Fsp3) is 0.0667. The second-order valence-electron chi connectivity index (χ2n) is 4.33. The summed E-state index contributed by atoms with van der Waals surface area (Å²) < 4.78 is 18.7. The summed E-state index contributed by atoms with van der Waals surface area (Å²) in [7, 11) is 1.43. The van der Waals surface area contributed by atoms with E-state index in [2.05, 4.69) is 10.2 Å². The van der Waals surface area contributed by atoms with Crippen LogP contribution in [0.5, 0.6) is 5.75 Å². The number of nitrogens with zero attached hydrogens (tertiary/aromatic N) is 2. The first kappa shape index (κ1) is 12.3. The largest absolute Gasteiger partial charge is 0.494 e. The molecular weight excluding hydrogens is 257 g/mol. The van der Waals surface area contributed by atoms with Crippen molar-refractivity contribution in [2.24, 2.45) is 0 Å². The number of nitrogens with two attached hydrogens (primary N) is 1. The van der Waals surface area contributed by atoms with Crippen LogP contribution in [0.25, 0.3) is 22.0 Å². The molecule has 0 aliphatic rings. The van der Waals surface area contributed by atoms with Gasteiger partial charge in [-0.3, -0.25) is 0 Å². The van der Waals surface area contributed by atoms with Crippen LogP contribution < -0.4 is 10.5 Å². The Balaban J connectivity index is 2.25. The summed E-state index contributed by atoms with van der Waals surface area (Å²) in [5, 5.41) is 9.66. The van der Waals surface area contributed by atoms with Crippen molar-refractivity contribution in [2.45, 2.75) is 0 Å². The van der Waals surface area contributed by atoms with Crippen molar-refractivity contribution in [2.75, 3.05) is 12.8 Å². The molecule has 1 aromatic heterocycles. The van der Waals surface area contributed by atoms with Gasteiger partial charge in [0.25, 0.3) is 0 Å². The highest BCUT2D eigenvalue weighted by atomic mass is 19.1. The Bertz CT molecular complexity index is 789. The maximum atomic E-state index is 13.8. The lowest BCUT2D eigenvalue weighted by Crippen LogP contribution is -1.98. The molecule has 0 aliphatic heterocycles. The normalized spacial score (nSPS) is 10.7. The van der Waals surface area contributed by atoms with Gasteiger partial charge in [-0.15, -0.1) is 10.2 Å². The maximum Gasteiger partial charge on any atom is 0.165 e. The van der Waals surface area contributed by atoms with Gasteiger partial charge in [0.1, 0.15) is 5.69 Å². The number of benzene rings is 2. The Morgan fingerprint density at radius 3 is 2.50 bits per heavy atom. The van der Waals surface area contributed by atoms with Gasteiger partial charge in [-0.1, -0.05) is 24.3 Å². The Morgan fingerprint density at radius 2 is 1.80 bits per heavy atom. The maximum absolute atomic E-state index is 13.8. The molecule has 0 fully saturated rings. The monoisotopic (exact) mass is 269 g/mol. The molecule has 0 atom stereocenters. The van der Waals surface area contributed by atoms with Crippen molar-refractivity contribution in [3.63, 3.8) is 0 Å². The van der Waals surface area contributed by atoms with Crippen LogP contribution in [0, 0.1) is 5.82 Å². The number of aromatic nitrogens is 2. The van der Waals surface area contributed by atoms with Gasteiger partial charge in [0.2, 0.25) is 0 Å². The molecule has 5 heteroatoms. The Morgan fingerprint density at radius 1 is 1.05 bits per heavy atom. The van der Waals surface area contributed by atoms with E-state index in [0.717, 1.165) is 10.8 Å². The Hall–Kier alpha value is -2.69. The second kappa shape index (κ2) is 4.77. The number of anilines is 1. The fourth-order valence-corrected chi connectivity index (χ4v) is 2.15. The summed E-state index contributed by atoms with van der Waals surface area (Å²) in [6.07, 6.45) is 0. The van der Waals surface area contributed by atoms with Crippen LogP contribution in [-0.2, 0) is 0 Å². The summed E-state index contributed by atoms with van der Waals surface area (Å²) in [6.45, 7) is 0. The molecular formula is C15H12FN3O. The van der Waals surface area contributed by atoms with Crippen LogP contribution >= 0.6 is 0 Å². The zero-order chi connectivity index (χ0) is 14.1. The smallest absolute Gasteiger partial charge is 0.165 e. The first-order chi connectivity index (χ1) is 9.70. The van der Waals surface area contributed by atoms with E-state index in [4.69, 9.17) is 10.5 Å². The fourth-order valence-electron chi connectivity index (χ4n) is 2.15. The molecule has 2 aromatic carbocycles. The molecule has 0 amide bonds. The third-order valence-electron chi connectivity index (χ3n) is 3.14. The SMILES string of the molecule is COc1ccc(-c2nnc(N)c3ccccc23)cc1F. The van der Waals surface area contributed by atoms with E-state index >= 15 is 0 Å². The highest BCUT2D eigenvalue weighted by molar-refractivity contribution is 5.99. The van der Waals surface area contributed by atoms with Gasteiger partial charge in [0, 0.05) is 16.3 Å². The molecule has 3 aromatic rings. The summed E-state index contributed by atoms with van der Waals surface area (Å²) in [5.41, 5.74) is 7.04. The number of hydrogen-bond acceptors (Lipinski definition) is 4. The van der Waals surface area contributed by atoms with Crippen molar-refractivity contribution >= 4 is 16.6 Å². The number of halogens is 1. The number of hydrogen-bond donors (Lipinski definition) is 1. The van der Waals surface area contributed by atoms with Crippen LogP contribution in [0.3, 0.4) is 0 Å². The molecule has 0 saturated carbocycles. The second-order valence-corrected chi connectivity index (χ2v) is 4.33. The summed E-state index contributed by atoms with van der Waals surface area (Å²) in [4.78, 5) is 0. The van der Waals surface area contributed by atoms with Crippen LogP contribution in [0.4, 0.5) is 10.2 Å². The molecule has 3 rings (SSSR count). The van der Waals surface area contributed by atoms with Gasteiger partial charge in [-0.05, 0) is 18.2 Å². The van der Waals surface area contributed by atoms with Gasteiger partial charge in [-0.2, -0.15) is 0 Å². The molecule has 2 N–H and O–H groups in total. The predicted molar refractivity (Wildman–Crippen MR) is 75.9 cm³/mol. The van der Waals surface area contributed by atoms with Crippen molar-refractivity contribution in [1.29, 1.82) is 0 Å². The quantitative estimate of drug-likeness (QED) is 0.776. The standard InChI is InChI=1S/C15H12FN3O/c1-20-13-7-6-9(8-12(13)16)14-10-4-2-3-5-11(10)15(17)19-18-14/h2-8H,1H3,(H2,17,19). The molecule has 0 spiro atoms. The summed E-state index contributed by atoms with van der Waals surface area (Å²) in [6, 6.07) is 12.2. The van der Waals surface area contributed by atoms with Crippen molar-refractivity contribution in [3.05, 3.63) is 48.3 Å². The van der Waals surface area contributed by atoms with E-state index in [0.29, 0.717) is 17.1 Å². The molecule has 4 nitrogen and oxygen atoms in total. The van der Waals surface area contributed by atoms with Crippen LogP contribution in [0.2, 0.25) is 0 Å². The van der Waals surface area contributed by atoms with E-state index in [-0.39, 0.29) is 5.75 Å². The third kappa shape index (κ3) is 1.93. The summed E-state index contributed by atoms with van der Waals surface area (Å²) in [5.74, 6) is 0.118. The average molecular weight is 269 g/mol. The zero-order valence-electron chi connectivity index (χ0n) is 10.8. The molecule has 1 heterocycles. The lowest BCUT2D eigenvalue weighted by atomic mass is 10.0. The number of methoxy groups -OCH3 is 1. The first-order valence-corrected chi connectivity index (χ1v) is 6.05. The number of fused-ring (bicyclic) bond motifs is 1. The van der Waals surface area contributed by atoms with Gasteiger partial charge < -0.3 is 10.5 Å². The molecule has 0 bridgehead atoms. The Labute approximate surface area is 115 Å². The minimum atomic E-state index is -0.437. The predicted octanol–water partition coefficient (Wildman–Crippen LogP) is 3.03. The minimum absolute atomic E-state index is 0.196. The number of ether oxygens (including phenoxy) is 1. The molecule has 0 saturated heterocycles. The molecule has 0 unspecified atom stereocenters. The lowest BCUT2D eigenvalue weighted by molar-refractivity contribution is 0.386.